The number of benzene rings is 2. The zero-order valence-electron chi connectivity index (χ0n) is 25.3. The van der Waals surface area contributed by atoms with Crippen molar-refractivity contribution < 1.29 is 40.3 Å². The van der Waals surface area contributed by atoms with E-state index in [-0.39, 0.29) is 27.2 Å². The van der Waals surface area contributed by atoms with Gasteiger partial charge in [0.1, 0.15) is 5.82 Å². The number of halogens is 8. The molecule has 4 aromatic heterocycles. The van der Waals surface area contributed by atoms with Crippen LogP contribution in [0.4, 0.5) is 41.0 Å². The fourth-order valence-corrected chi connectivity index (χ4v) is 6.00. The number of amides is 2. The van der Waals surface area contributed by atoms with Crippen molar-refractivity contribution in [2.75, 3.05) is 10.6 Å². The Morgan fingerprint density at radius 2 is 1.18 bits per heavy atom. The Labute approximate surface area is 290 Å². The van der Waals surface area contributed by atoms with Crippen LogP contribution in [0.5, 0.6) is 0 Å². The number of rotatable bonds is 6. The van der Waals surface area contributed by atoms with E-state index in [4.69, 9.17) is 11.6 Å². The number of alkyl halides is 6. The van der Waals surface area contributed by atoms with Gasteiger partial charge in [-0.1, -0.05) is 46.4 Å². The van der Waals surface area contributed by atoms with E-state index < -0.39 is 41.4 Å². The molecule has 10 nitrogen and oxygen atoms in total. The molecule has 20 heteroatoms. The smallest absolute Gasteiger partial charge is 0.298 e. The third kappa shape index (κ3) is 8.52. The molecule has 0 spiro atoms. The molecule has 50 heavy (non-hydrogen) atoms. The van der Waals surface area contributed by atoms with Crippen LogP contribution in [-0.4, -0.2) is 41.3 Å². The van der Waals surface area contributed by atoms with Crippen LogP contribution in [0.2, 0.25) is 5.02 Å². The van der Waals surface area contributed by atoms with Crippen LogP contribution in [0.1, 0.15) is 32.1 Å². The molecule has 0 aliphatic heterocycles. The van der Waals surface area contributed by atoms with Gasteiger partial charge in [0.2, 0.25) is 0 Å². The second-order valence-electron chi connectivity index (χ2n) is 10.0. The van der Waals surface area contributed by atoms with E-state index in [0.29, 0.717) is 20.3 Å². The molecule has 0 radical (unpaired) electrons. The Kier molecular flexibility index (Phi) is 10.4. The van der Waals surface area contributed by atoms with Gasteiger partial charge in [-0.25, -0.2) is 14.4 Å². The summed E-state index contributed by atoms with van der Waals surface area (Å²) in [5.74, 6) is -1.77. The molecule has 0 aliphatic carbocycles. The van der Waals surface area contributed by atoms with Gasteiger partial charge in [0, 0.05) is 37.1 Å². The molecule has 2 N–H and O–H groups in total. The van der Waals surface area contributed by atoms with Crippen molar-refractivity contribution in [1.82, 2.24) is 29.5 Å². The highest BCUT2D eigenvalue weighted by atomic mass is 35.5. The first-order valence-corrected chi connectivity index (χ1v) is 15.8. The molecule has 0 unspecified atom stereocenters. The van der Waals surface area contributed by atoms with E-state index in [1.54, 1.807) is 24.3 Å². The van der Waals surface area contributed by atoms with Gasteiger partial charge in [-0.2, -0.15) is 36.5 Å². The number of anilines is 2. The second-order valence-corrected chi connectivity index (χ2v) is 12.5. The Bertz CT molecular complexity index is 2150. The molecule has 0 saturated heterocycles. The second kappa shape index (κ2) is 14.4. The van der Waals surface area contributed by atoms with Crippen molar-refractivity contribution in [3.8, 4) is 21.1 Å². The zero-order valence-corrected chi connectivity index (χ0v) is 27.7. The lowest BCUT2D eigenvalue weighted by Gasteiger charge is -2.02. The third-order valence-electron chi connectivity index (χ3n) is 6.52. The molecular weight excluding hydrogens is 737 g/mol. The van der Waals surface area contributed by atoms with Crippen molar-refractivity contribution in [2.45, 2.75) is 12.4 Å². The SMILES string of the molecule is Cn1nc(C(F)(F)F)cc1-c1cnc(NC(=O)c2ccc(Cl)cc2)s1.Cn1nc(C(F)(F)F)cc1-c1cnc(NC(=O)c2ccccc2F)s1. The summed E-state index contributed by atoms with van der Waals surface area (Å²) in [6, 6.07) is 13.6. The quantitative estimate of drug-likeness (QED) is 0.165. The highest BCUT2D eigenvalue weighted by Gasteiger charge is 2.36. The molecule has 6 aromatic rings. The molecule has 0 bridgehead atoms. The normalized spacial score (nSPS) is 11.6. The van der Waals surface area contributed by atoms with Gasteiger partial charge in [0.05, 0.1) is 26.7 Å². The Hall–Kier alpha value is -5.14. The molecule has 0 fully saturated rings. The summed E-state index contributed by atoms with van der Waals surface area (Å²) in [6.45, 7) is 0. The lowest BCUT2D eigenvalue weighted by Crippen LogP contribution is -2.13. The summed E-state index contributed by atoms with van der Waals surface area (Å²) in [4.78, 5) is 33.0. The number of aryl methyl sites for hydroxylation is 2. The van der Waals surface area contributed by atoms with E-state index in [1.165, 1.54) is 44.7 Å². The van der Waals surface area contributed by atoms with Gasteiger partial charge in [0.25, 0.3) is 11.8 Å². The van der Waals surface area contributed by atoms with Gasteiger partial charge >= 0.3 is 12.4 Å². The van der Waals surface area contributed by atoms with Crippen molar-refractivity contribution >= 4 is 56.4 Å². The predicted molar refractivity (Wildman–Crippen MR) is 172 cm³/mol. The number of carbonyl (C=O) groups excluding carboxylic acids is 2. The van der Waals surface area contributed by atoms with E-state index in [0.717, 1.165) is 50.2 Å². The minimum absolute atomic E-state index is 0.137. The van der Waals surface area contributed by atoms with E-state index in [9.17, 15) is 40.3 Å². The van der Waals surface area contributed by atoms with Crippen LogP contribution in [-0.2, 0) is 26.4 Å². The maximum atomic E-state index is 13.6. The third-order valence-corrected chi connectivity index (χ3v) is 8.65. The minimum Gasteiger partial charge on any atom is -0.298 e. The maximum absolute atomic E-state index is 13.6. The summed E-state index contributed by atoms with van der Waals surface area (Å²) in [6.07, 6.45) is -6.37. The van der Waals surface area contributed by atoms with Crippen LogP contribution in [0.25, 0.3) is 21.1 Å². The molecule has 2 aromatic carbocycles. The molecule has 0 atom stereocenters. The van der Waals surface area contributed by atoms with Crippen molar-refractivity contribution in [3.05, 3.63) is 106 Å². The first-order valence-electron chi connectivity index (χ1n) is 13.8. The van der Waals surface area contributed by atoms with Crippen LogP contribution in [0.15, 0.2) is 73.1 Å². The summed E-state index contributed by atoms with van der Waals surface area (Å²) < 4.78 is 92.2. The molecule has 4 heterocycles. The Balaban J connectivity index is 0.000000194. The summed E-state index contributed by atoms with van der Waals surface area (Å²) in [5, 5.41) is 12.8. The predicted octanol–water partition coefficient (Wildman–Crippen LogP) is 8.42. The lowest BCUT2D eigenvalue weighted by molar-refractivity contribution is -0.142. The monoisotopic (exact) mass is 756 g/mol. The number of thiazole rings is 2. The summed E-state index contributed by atoms with van der Waals surface area (Å²) >= 11 is 7.78. The standard InChI is InChI=1S/C15H10ClF3N4OS.C15H10F4N4OS/c1-23-10(6-12(22-23)15(17,18)19)11-7-20-14(25-11)21-13(24)8-2-4-9(16)5-3-8;1-23-10(6-12(22-23)15(17,18)19)11-7-20-14(25-11)21-13(24)8-4-2-3-5-9(8)16/h2*2-7H,1H3,(H,20,21,24). The largest absolute Gasteiger partial charge is 0.435 e. The van der Waals surface area contributed by atoms with E-state index in [2.05, 4.69) is 30.8 Å². The van der Waals surface area contributed by atoms with Crippen molar-refractivity contribution in [1.29, 1.82) is 0 Å². The average molecular weight is 757 g/mol. The Morgan fingerprint density at radius 3 is 1.62 bits per heavy atom. The molecule has 0 aliphatic rings. The van der Waals surface area contributed by atoms with Crippen LogP contribution < -0.4 is 10.6 Å². The van der Waals surface area contributed by atoms with Crippen LogP contribution in [0, 0.1) is 5.82 Å². The molecule has 0 saturated carbocycles. The van der Waals surface area contributed by atoms with Crippen LogP contribution >= 0.6 is 34.3 Å². The van der Waals surface area contributed by atoms with Crippen molar-refractivity contribution in [2.24, 2.45) is 14.1 Å². The number of hydrogen-bond donors (Lipinski definition) is 2. The minimum atomic E-state index is -4.55. The topological polar surface area (TPSA) is 120 Å². The average Bonchev–Trinajstić information content (AvgIpc) is 3.84. The van der Waals surface area contributed by atoms with E-state index >= 15 is 0 Å². The van der Waals surface area contributed by atoms with Gasteiger partial charge < -0.3 is 0 Å². The first kappa shape index (κ1) is 36.1. The van der Waals surface area contributed by atoms with E-state index in [1.807, 2.05) is 0 Å². The van der Waals surface area contributed by atoms with Gasteiger partial charge in [-0.15, -0.1) is 0 Å². The fraction of sp³-hybridized carbons (Fsp3) is 0.133. The Morgan fingerprint density at radius 1 is 0.720 bits per heavy atom. The highest BCUT2D eigenvalue weighted by Crippen LogP contribution is 2.36. The molecule has 2 amide bonds. The molecule has 6 rings (SSSR count). The van der Waals surface area contributed by atoms with Crippen LogP contribution in [0.3, 0.4) is 0 Å². The molecule has 260 valence electrons. The summed E-state index contributed by atoms with van der Waals surface area (Å²) in [7, 11) is 2.79. The summed E-state index contributed by atoms with van der Waals surface area (Å²) in [5.41, 5.74) is -1.30. The van der Waals surface area contributed by atoms with Gasteiger partial charge in [0.15, 0.2) is 21.7 Å². The van der Waals surface area contributed by atoms with Gasteiger partial charge in [-0.05, 0) is 48.5 Å². The number of carbonyl (C=O) groups is 2. The van der Waals surface area contributed by atoms with Crippen molar-refractivity contribution in [3.63, 3.8) is 0 Å². The fourth-order valence-electron chi connectivity index (χ4n) is 4.15. The number of hydrogen-bond acceptors (Lipinski definition) is 8. The lowest BCUT2D eigenvalue weighted by atomic mass is 10.2. The number of aromatic nitrogens is 6. The maximum Gasteiger partial charge on any atom is 0.435 e. The molecular formula is C30H20ClF7N8O2S2. The zero-order chi connectivity index (χ0) is 36.4. The highest BCUT2D eigenvalue weighted by molar-refractivity contribution is 7.19. The van der Waals surface area contributed by atoms with Gasteiger partial charge in [-0.3, -0.25) is 29.6 Å². The number of nitrogens with zero attached hydrogens (tertiary/aromatic N) is 6. The first-order chi connectivity index (χ1) is 23.5. The number of nitrogens with one attached hydrogen (secondary N) is 2.